The van der Waals surface area contributed by atoms with E-state index in [-0.39, 0.29) is 11.6 Å². The zero-order valence-corrected chi connectivity index (χ0v) is 13.6. The van der Waals surface area contributed by atoms with E-state index in [9.17, 15) is 9.59 Å². The standard InChI is InChI=1S/C18H16ClN3O2/c19-14-5-7-15(8-6-14)21-18(24)20-10-9-13-11-12-3-1-2-4-16(12)22-17(13)23/h1-8,11H,9-10H2,(H,22,23)(H2,20,21,24). The number of rotatable bonds is 4. The molecule has 3 aromatic rings. The van der Waals surface area contributed by atoms with E-state index >= 15 is 0 Å². The van der Waals surface area contributed by atoms with Gasteiger partial charge in [0.15, 0.2) is 0 Å². The third-order valence-corrected chi connectivity index (χ3v) is 3.86. The maximum Gasteiger partial charge on any atom is 0.319 e. The Labute approximate surface area is 143 Å². The molecule has 0 saturated heterocycles. The molecule has 3 rings (SSSR count). The summed E-state index contributed by atoms with van der Waals surface area (Å²) in [6.45, 7) is 0.362. The number of urea groups is 1. The van der Waals surface area contributed by atoms with Crippen molar-refractivity contribution in [3.05, 3.63) is 75.5 Å². The number of halogens is 1. The number of para-hydroxylation sites is 1. The van der Waals surface area contributed by atoms with Gasteiger partial charge in [0.05, 0.1) is 0 Å². The smallest absolute Gasteiger partial charge is 0.319 e. The van der Waals surface area contributed by atoms with Crippen LogP contribution in [0.5, 0.6) is 0 Å². The molecule has 2 amide bonds. The van der Waals surface area contributed by atoms with Crippen LogP contribution >= 0.6 is 11.6 Å². The van der Waals surface area contributed by atoms with Crippen molar-refractivity contribution in [1.29, 1.82) is 0 Å². The van der Waals surface area contributed by atoms with E-state index in [0.717, 1.165) is 10.9 Å². The normalized spacial score (nSPS) is 10.5. The molecule has 2 aromatic carbocycles. The SMILES string of the molecule is O=C(NCCc1cc2ccccc2[nH]c1=O)Nc1ccc(Cl)cc1. The molecule has 122 valence electrons. The van der Waals surface area contributed by atoms with Crippen LogP contribution in [0.1, 0.15) is 5.56 Å². The number of nitrogens with one attached hydrogen (secondary N) is 3. The fourth-order valence-corrected chi connectivity index (χ4v) is 2.52. The first-order valence-electron chi connectivity index (χ1n) is 7.53. The Hall–Kier alpha value is -2.79. The van der Waals surface area contributed by atoms with Gasteiger partial charge in [0, 0.05) is 28.3 Å². The molecule has 6 heteroatoms. The molecule has 3 N–H and O–H groups in total. The lowest BCUT2D eigenvalue weighted by atomic mass is 10.1. The summed E-state index contributed by atoms with van der Waals surface area (Å²) in [5, 5.41) is 7.02. The highest BCUT2D eigenvalue weighted by molar-refractivity contribution is 6.30. The number of carbonyl (C=O) groups excluding carboxylic acids is 1. The lowest BCUT2D eigenvalue weighted by molar-refractivity contribution is 0.252. The van der Waals surface area contributed by atoms with Crippen LogP contribution in [0.3, 0.4) is 0 Å². The lowest BCUT2D eigenvalue weighted by Crippen LogP contribution is -2.31. The second-order valence-electron chi connectivity index (χ2n) is 5.35. The largest absolute Gasteiger partial charge is 0.338 e. The minimum absolute atomic E-state index is 0.131. The van der Waals surface area contributed by atoms with Crippen molar-refractivity contribution < 1.29 is 4.79 Å². The Balaban J connectivity index is 1.58. The zero-order valence-electron chi connectivity index (χ0n) is 12.8. The number of fused-ring (bicyclic) bond motifs is 1. The maximum absolute atomic E-state index is 12.0. The first-order chi connectivity index (χ1) is 11.6. The number of aromatic amines is 1. The summed E-state index contributed by atoms with van der Waals surface area (Å²) < 4.78 is 0. The molecule has 0 radical (unpaired) electrons. The number of H-pyrrole nitrogens is 1. The van der Waals surface area contributed by atoms with Crippen LogP contribution in [-0.4, -0.2) is 17.6 Å². The monoisotopic (exact) mass is 341 g/mol. The van der Waals surface area contributed by atoms with Gasteiger partial charge < -0.3 is 15.6 Å². The highest BCUT2D eigenvalue weighted by Crippen LogP contribution is 2.13. The third kappa shape index (κ3) is 3.94. The molecule has 0 atom stereocenters. The number of hydrogen-bond acceptors (Lipinski definition) is 2. The first-order valence-corrected chi connectivity index (χ1v) is 7.91. The molecule has 0 saturated carbocycles. The molecule has 0 aliphatic heterocycles. The van der Waals surface area contributed by atoms with Gasteiger partial charge in [0.2, 0.25) is 0 Å². The van der Waals surface area contributed by atoms with E-state index < -0.39 is 0 Å². The average molecular weight is 342 g/mol. The molecule has 0 fully saturated rings. The van der Waals surface area contributed by atoms with Crippen molar-refractivity contribution in [3.63, 3.8) is 0 Å². The van der Waals surface area contributed by atoms with Gasteiger partial charge in [0.1, 0.15) is 0 Å². The summed E-state index contributed by atoms with van der Waals surface area (Å²) >= 11 is 5.80. The molecule has 1 heterocycles. The number of aromatic nitrogens is 1. The van der Waals surface area contributed by atoms with Crippen molar-refractivity contribution in [2.45, 2.75) is 6.42 Å². The fraction of sp³-hybridized carbons (Fsp3) is 0.111. The second kappa shape index (κ2) is 7.19. The second-order valence-corrected chi connectivity index (χ2v) is 5.79. The van der Waals surface area contributed by atoms with Crippen molar-refractivity contribution in [1.82, 2.24) is 10.3 Å². The number of hydrogen-bond donors (Lipinski definition) is 3. The predicted molar refractivity (Wildman–Crippen MR) is 96.7 cm³/mol. The van der Waals surface area contributed by atoms with Crippen molar-refractivity contribution in [3.8, 4) is 0 Å². The number of benzene rings is 2. The molecule has 1 aromatic heterocycles. The molecule has 0 unspecified atom stereocenters. The van der Waals surface area contributed by atoms with Crippen LogP contribution < -0.4 is 16.2 Å². The lowest BCUT2D eigenvalue weighted by Gasteiger charge is -2.08. The topological polar surface area (TPSA) is 74.0 Å². The Morgan fingerprint density at radius 1 is 1.08 bits per heavy atom. The molecule has 24 heavy (non-hydrogen) atoms. The molecular weight excluding hydrogens is 326 g/mol. The minimum atomic E-state index is -0.324. The van der Waals surface area contributed by atoms with Gasteiger partial charge in [-0.1, -0.05) is 29.8 Å². The van der Waals surface area contributed by atoms with E-state index in [1.54, 1.807) is 24.3 Å². The van der Waals surface area contributed by atoms with Gasteiger partial charge in [-0.25, -0.2) is 4.79 Å². The Morgan fingerprint density at radius 2 is 1.83 bits per heavy atom. The summed E-state index contributed by atoms with van der Waals surface area (Å²) in [5.74, 6) is 0. The highest BCUT2D eigenvalue weighted by atomic mass is 35.5. The first kappa shape index (κ1) is 16.1. The molecular formula is C18H16ClN3O2. The van der Waals surface area contributed by atoms with Crippen LogP contribution in [0.25, 0.3) is 10.9 Å². The molecule has 0 aliphatic rings. The maximum atomic E-state index is 12.0. The van der Waals surface area contributed by atoms with E-state index in [1.807, 2.05) is 30.3 Å². The van der Waals surface area contributed by atoms with E-state index in [2.05, 4.69) is 15.6 Å². The van der Waals surface area contributed by atoms with Gasteiger partial charge in [-0.2, -0.15) is 0 Å². The van der Waals surface area contributed by atoms with E-state index in [4.69, 9.17) is 11.6 Å². The minimum Gasteiger partial charge on any atom is -0.338 e. The summed E-state index contributed by atoms with van der Waals surface area (Å²) in [7, 11) is 0. The Bertz CT molecular complexity index is 919. The van der Waals surface area contributed by atoms with Gasteiger partial charge in [0.25, 0.3) is 5.56 Å². The third-order valence-electron chi connectivity index (χ3n) is 3.61. The summed E-state index contributed by atoms with van der Waals surface area (Å²) in [6, 6.07) is 16.0. The number of amides is 2. The number of pyridine rings is 1. The Kier molecular flexibility index (Phi) is 4.82. The van der Waals surface area contributed by atoms with Gasteiger partial charge in [-0.3, -0.25) is 4.79 Å². The zero-order chi connectivity index (χ0) is 16.9. The summed E-state index contributed by atoms with van der Waals surface area (Å²) in [6.07, 6.45) is 0.453. The quantitative estimate of drug-likeness (QED) is 0.679. The molecule has 0 aliphatic carbocycles. The number of carbonyl (C=O) groups is 1. The predicted octanol–water partition coefficient (Wildman–Crippen LogP) is 3.55. The van der Waals surface area contributed by atoms with E-state index in [1.165, 1.54) is 0 Å². The Morgan fingerprint density at radius 3 is 2.62 bits per heavy atom. The fourth-order valence-electron chi connectivity index (χ4n) is 2.40. The molecule has 0 bridgehead atoms. The highest BCUT2D eigenvalue weighted by Gasteiger charge is 2.05. The average Bonchev–Trinajstić information content (AvgIpc) is 2.57. The van der Waals surface area contributed by atoms with Crippen molar-refractivity contribution >= 4 is 34.2 Å². The summed E-state index contributed by atoms with van der Waals surface area (Å²) in [4.78, 5) is 26.7. The van der Waals surface area contributed by atoms with Crippen LogP contribution in [0, 0.1) is 0 Å². The summed E-state index contributed by atoms with van der Waals surface area (Å²) in [5.41, 5.74) is 1.97. The molecule has 5 nitrogen and oxygen atoms in total. The van der Waals surface area contributed by atoms with Crippen molar-refractivity contribution in [2.75, 3.05) is 11.9 Å². The van der Waals surface area contributed by atoms with Crippen LogP contribution in [0.2, 0.25) is 5.02 Å². The van der Waals surface area contributed by atoms with Gasteiger partial charge >= 0.3 is 6.03 Å². The van der Waals surface area contributed by atoms with Gasteiger partial charge in [-0.05, 0) is 48.2 Å². The molecule has 0 spiro atoms. The van der Waals surface area contributed by atoms with Crippen LogP contribution in [0.15, 0.2) is 59.4 Å². The van der Waals surface area contributed by atoms with Crippen LogP contribution in [0.4, 0.5) is 10.5 Å². The van der Waals surface area contributed by atoms with E-state index in [0.29, 0.717) is 29.2 Å². The number of anilines is 1. The van der Waals surface area contributed by atoms with Crippen molar-refractivity contribution in [2.24, 2.45) is 0 Å². The van der Waals surface area contributed by atoms with Crippen LogP contribution in [-0.2, 0) is 6.42 Å². The van der Waals surface area contributed by atoms with Gasteiger partial charge in [-0.15, -0.1) is 0 Å².